The van der Waals surface area contributed by atoms with Crippen LogP contribution in [0, 0.1) is 12.8 Å². The Morgan fingerprint density at radius 2 is 2.22 bits per heavy atom. The first-order chi connectivity index (χ1) is 11.2. The van der Waals surface area contributed by atoms with Crippen molar-refractivity contribution in [3.63, 3.8) is 0 Å². The largest absolute Gasteiger partial charge is 0.383 e. The van der Waals surface area contributed by atoms with Crippen molar-refractivity contribution in [2.75, 3.05) is 38.3 Å². The molecule has 1 saturated heterocycles. The molecule has 1 aliphatic heterocycles. The predicted molar refractivity (Wildman–Crippen MR) is 90.7 cm³/mol. The Morgan fingerprint density at radius 3 is 2.96 bits per heavy atom. The number of nitrogens with zero attached hydrogens (tertiary/aromatic N) is 2. The van der Waals surface area contributed by atoms with Gasteiger partial charge in [0.1, 0.15) is 0 Å². The van der Waals surface area contributed by atoms with Crippen molar-refractivity contribution < 1.29 is 9.53 Å². The Kier molecular flexibility index (Phi) is 4.81. The van der Waals surface area contributed by atoms with Crippen LogP contribution in [0.5, 0.6) is 0 Å². The molecule has 0 radical (unpaired) electrons. The Hall–Kier alpha value is -2.08. The van der Waals surface area contributed by atoms with Crippen LogP contribution < -0.4 is 10.2 Å². The van der Waals surface area contributed by atoms with E-state index in [1.807, 2.05) is 6.07 Å². The van der Waals surface area contributed by atoms with Gasteiger partial charge < -0.3 is 19.9 Å². The number of H-pyrrole nitrogens is 1. The molecule has 2 heterocycles. The number of carbonyl (C=O) groups excluding carboxylic acids is 1. The van der Waals surface area contributed by atoms with E-state index in [9.17, 15) is 4.79 Å². The molecule has 3 rings (SSSR count). The normalized spacial score (nSPS) is 16.0. The minimum absolute atomic E-state index is 0.0923. The van der Waals surface area contributed by atoms with Gasteiger partial charge in [-0.15, -0.1) is 0 Å². The number of hydrogen-bond donors (Lipinski definition) is 2. The topological polar surface area (TPSA) is 70.2 Å². The number of benzene rings is 1. The Labute approximate surface area is 136 Å². The summed E-state index contributed by atoms with van der Waals surface area (Å²) >= 11 is 0. The molecule has 6 nitrogen and oxygen atoms in total. The number of amides is 1. The average Bonchev–Trinajstić information content (AvgIpc) is 2.98. The molecule has 0 bridgehead atoms. The summed E-state index contributed by atoms with van der Waals surface area (Å²) in [5.41, 5.74) is 3.28. The minimum Gasteiger partial charge on any atom is -0.383 e. The first-order valence-corrected chi connectivity index (χ1v) is 8.15. The standard InChI is InChI=1S/C17H24N4O2/c1-12-3-4-14-15(11-12)20-17(19-14)21-8-5-13(6-9-21)16(22)18-7-10-23-2/h3-4,11,13H,5-10H2,1-2H3,(H,18,22)(H,19,20). The number of aryl methyl sites for hydroxylation is 1. The Morgan fingerprint density at radius 1 is 1.43 bits per heavy atom. The van der Waals surface area contributed by atoms with Crippen molar-refractivity contribution in [1.29, 1.82) is 0 Å². The summed E-state index contributed by atoms with van der Waals surface area (Å²) in [4.78, 5) is 22.4. The summed E-state index contributed by atoms with van der Waals surface area (Å²) in [6.45, 7) is 4.91. The first-order valence-electron chi connectivity index (χ1n) is 8.15. The van der Waals surface area contributed by atoms with Crippen LogP contribution in [0.2, 0.25) is 0 Å². The molecule has 0 atom stereocenters. The highest BCUT2D eigenvalue weighted by Gasteiger charge is 2.26. The van der Waals surface area contributed by atoms with Gasteiger partial charge in [0.15, 0.2) is 0 Å². The Bertz CT molecular complexity index is 674. The van der Waals surface area contributed by atoms with Gasteiger partial charge in [-0.25, -0.2) is 4.98 Å². The number of methoxy groups -OCH3 is 1. The lowest BCUT2D eigenvalue weighted by molar-refractivity contribution is -0.125. The van der Waals surface area contributed by atoms with Gasteiger partial charge in [0, 0.05) is 32.7 Å². The third-order valence-electron chi connectivity index (χ3n) is 4.40. The summed E-state index contributed by atoms with van der Waals surface area (Å²) < 4.78 is 4.96. The van der Waals surface area contributed by atoms with Crippen LogP contribution in [0.25, 0.3) is 11.0 Å². The van der Waals surface area contributed by atoms with Crippen molar-refractivity contribution in [2.45, 2.75) is 19.8 Å². The van der Waals surface area contributed by atoms with E-state index >= 15 is 0 Å². The van der Waals surface area contributed by atoms with Gasteiger partial charge >= 0.3 is 0 Å². The lowest BCUT2D eigenvalue weighted by Gasteiger charge is -2.31. The lowest BCUT2D eigenvalue weighted by atomic mass is 9.96. The SMILES string of the molecule is COCCNC(=O)C1CCN(c2nc3ccc(C)cc3[nH]2)CC1. The number of nitrogens with one attached hydrogen (secondary N) is 2. The molecule has 0 unspecified atom stereocenters. The summed E-state index contributed by atoms with van der Waals surface area (Å²) in [7, 11) is 1.64. The maximum absolute atomic E-state index is 12.1. The van der Waals surface area contributed by atoms with Gasteiger partial charge in [-0.05, 0) is 37.5 Å². The zero-order chi connectivity index (χ0) is 16.2. The molecule has 0 aliphatic carbocycles. The number of rotatable bonds is 5. The van der Waals surface area contributed by atoms with Gasteiger partial charge in [0.25, 0.3) is 0 Å². The second-order valence-electron chi connectivity index (χ2n) is 6.13. The molecule has 1 aromatic heterocycles. The number of aromatic nitrogens is 2. The summed E-state index contributed by atoms with van der Waals surface area (Å²) in [6, 6.07) is 6.23. The van der Waals surface area contributed by atoms with E-state index in [2.05, 4.69) is 39.2 Å². The average molecular weight is 316 g/mol. The number of fused-ring (bicyclic) bond motifs is 1. The third kappa shape index (κ3) is 3.64. The highest BCUT2D eigenvalue weighted by Crippen LogP contribution is 2.24. The molecule has 6 heteroatoms. The predicted octanol–water partition coefficient (Wildman–Crippen LogP) is 1.85. The Balaban J connectivity index is 1.58. The van der Waals surface area contributed by atoms with Gasteiger partial charge in [-0.2, -0.15) is 0 Å². The van der Waals surface area contributed by atoms with Crippen molar-refractivity contribution >= 4 is 22.9 Å². The van der Waals surface area contributed by atoms with E-state index in [0.29, 0.717) is 13.2 Å². The van der Waals surface area contributed by atoms with Crippen LogP contribution in [0.4, 0.5) is 5.95 Å². The van der Waals surface area contributed by atoms with Crippen molar-refractivity contribution in [2.24, 2.45) is 5.92 Å². The van der Waals surface area contributed by atoms with Crippen LogP contribution in [0.3, 0.4) is 0 Å². The van der Waals surface area contributed by atoms with Crippen molar-refractivity contribution in [1.82, 2.24) is 15.3 Å². The molecular weight excluding hydrogens is 292 g/mol. The fourth-order valence-electron chi connectivity index (χ4n) is 3.03. The van der Waals surface area contributed by atoms with Crippen LogP contribution in [-0.4, -0.2) is 49.2 Å². The molecule has 23 heavy (non-hydrogen) atoms. The van der Waals surface area contributed by atoms with Gasteiger partial charge in [0.2, 0.25) is 11.9 Å². The van der Waals surface area contributed by atoms with Gasteiger partial charge in [-0.3, -0.25) is 4.79 Å². The van der Waals surface area contributed by atoms with Crippen LogP contribution >= 0.6 is 0 Å². The highest BCUT2D eigenvalue weighted by molar-refractivity contribution is 5.80. The van der Waals surface area contributed by atoms with E-state index in [1.54, 1.807) is 7.11 Å². The monoisotopic (exact) mass is 316 g/mol. The van der Waals surface area contributed by atoms with Crippen LogP contribution in [0.1, 0.15) is 18.4 Å². The number of aromatic amines is 1. The molecule has 2 N–H and O–H groups in total. The van der Waals surface area contributed by atoms with E-state index < -0.39 is 0 Å². The smallest absolute Gasteiger partial charge is 0.223 e. The lowest BCUT2D eigenvalue weighted by Crippen LogP contribution is -2.41. The van der Waals surface area contributed by atoms with Crippen LogP contribution in [0.15, 0.2) is 18.2 Å². The summed E-state index contributed by atoms with van der Waals surface area (Å²) in [5, 5.41) is 2.93. The number of imidazole rings is 1. The molecule has 2 aromatic rings. The van der Waals surface area contributed by atoms with Crippen molar-refractivity contribution in [3.05, 3.63) is 23.8 Å². The van der Waals surface area contributed by atoms with E-state index in [0.717, 1.165) is 42.9 Å². The summed E-state index contributed by atoms with van der Waals surface area (Å²) in [5.74, 6) is 1.14. The molecule has 0 spiro atoms. The zero-order valence-corrected chi connectivity index (χ0v) is 13.8. The molecule has 1 amide bonds. The molecule has 1 aromatic carbocycles. The number of anilines is 1. The molecule has 124 valence electrons. The molecule has 1 fully saturated rings. The third-order valence-corrected chi connectivity index (χ3v) is 4.40. The molecule has 1 aliphatic rings. The number of hydrogen-bond acceptors (Lipinski definition) is 4. The van der Waals surface area contributed by atoms with E-state index in [4.69, 9.17) is 4.74 Å². The van der Waals surface area contributed by atoms with E-state index in [-0.39, 0.29) is 11.8 Å². The second kappa shape index (κ2) is 7.00. The van der Waals surface area contributed by atoms with Gasteiger partial charge in [-0.1, -0.05) is 6.07 Å². The molecular formula is C17H24N4O2. The maximum Gasteiger partial charge on any atom is 0.223 e. The summed E-state index contributed by atoms with van der Waals surface area (Å²) in [6.07, 6.45) is 1.71. The zero-order valence-electron chi connectivity index (χ0n) is 13.8. The van der Waals surface area contributed by atoms with Gasteiger partial charge in [0.05, 0.1) is 17.6 Å². The number of carbonyl (C=O) groups is 1. The fourth-order valence-corrected chi connectivity index (χ4v) is 3.03. The number of ether oxygens (including phenoxy) is 1. The highest BCUT2D eigenvalue weighted by atomic mass is 16.5. The van der Waals surface area contributed by atoms with E-state index in [1.165, 1.54) is 5.56 Å². The minimum atomic E-state index is 0.0923. The maximum atomic E-state index is 12.1. The van der Waals surface area contributed by atoms with Crippen molar-refractivity contribution in [3.8, 4) is 0 Å². The molecule has 0 saturated carbocycles. The van der Waals surface area contributed by atoms with Crippen LogP contribution in [-0.2, 0) is 9.53 Å². The number of piperidine rings is 1. The first kappa shape index (κ1) is 15.8. The second-order valence-corrected chi connectivity index (χ2v) is 6.13. The quantitative estimate of drug-likeness (QED) is 0.826. The fraction of sp³-hybridized carbons (Fsp3) is 0.529.